The van der Waals surface area contributed by atoms with Gasteiger partial charge in [0.05, 0.1) is 6.04 Å². The molecule has 4 heteroatoms. The molecule has 2 heterocycles. The van der Waals surface area contributed by atoms with Crippen molar-refractivity contribution in [3.05, 3.63) is 17.5 Å². The Kier molecular flexibility index (Phi) is 2.09. The molecule has 2 rings (SSSR count). The van der Waals surface area contributed by atoms with Gasteiger partial charge < -0.3 is 10.3 Å². The molecule has 0 aromatic carbocycles. The predicted octanol–water partition coefficient (Wildman–Crippen LogP) is 0.687. The van der Waals surface area contributed by atoms with Crippen molar-refractivity contribution in [1.29, 1.82) is 0 Å². The average Bonchev–Trinajstić information content (AvgIpc) is 2.60. The van der Waals surface area contributed by atoms with E-state index < -0.39 is 0 Å². The Labute approximate surface area is 77.7 Å². The molecule has 1 fully saturated rings. The van der Waals surface area contributed by atoms with Crippen molar-refractivity contribution in [2.75, 3.05) is 13.6 Å². The van der Waals surface area contributed by atoms with Crippen LogP contribution in [0.3, 0.4) is 0 Å². The van der Waals surface area contributed by atoms with E-state index in [4.69, 9.17) is 10.3 Å². The normalized spacial score (nSPS) is 29.8. The number of nitrogens with two attached hydrogens (primary N) is 1. The van der Waals surface area contributed by atoms with Crippen molar-refractivity contribution in [1.82, 2.24) is 10.1 Å². The van der Waals surface area contributed by atoms with Gasteiger partial charge in [-0.05, 0) is 20.4 Å². The van der Waals surface area contributed by atoms with E-state index in [-0.39, 0.29) is 12.1 Å². The van der Waals surface area contributed by atoms with Crippen LogP contribution < -0.4 is 5.73 Å². The Morgan fingerprint density at radius 3 is 2.92 bits per heavy atom. The largest absolute Gasteiger partial charge is 0.361 e. The van der Waals surface area contributed by atoms with Gasteiger partial charge in [0.1, 0.15) is 11.5 Å². The third-order valence-electron chi connectivity index (χ3n) is 2.64. The zero-order valence-corrected chi connectivity index (χ0v) is 8.03. The minimum atomic E-state index is 0.189. The Morgan fingerprint density at radius 2 is 2.46 bits per heavy atom. The molecular weight excluding hydrogens is 166 g/mol. The molecule has 2 N–H and O–H groups in total. The van der Waals surface area contributed by atoms with E-state index in [1.807, 2.05) is 13.0 Å². The molecule has 1 aliphatic heterocycles. The summed E-state index contributed by atoms with van der Waals surface area (Å²) >= 11 is 0. The topological polar surface area (TPSA) is 55.3 Å². The number of hydrogen-bond acceptors (Lipinski definition) is 4. The fraction of sp³-hybridized carbons (Fsp3) is 0.667. The third-order valence-corrected chi connectivity index (χ3v) is 2.64. The van der Waals surface area contributed by atoms with Gasteiger partial charge in [-0.3, -0.25) is 4.90 Å². The molecule has 0 spiro atoms. The van der Waals surface area contributed by atoms with Crippen molar-refractivity contribution >= 4 is 0 Å². The standard InChI is InChI=1S/C9H15N3O/c1-6-5-8(11-13-6)9-7(10)3-4-12(9)2/h5,7,9H,3-4,10H2,1-2H3. The predicted molar refractivity (Wildman–Crippen MR) is 49.2 cm³/mol. The van der Waals surface area contributed by atoms with E-state index in [9.17, 15) is 0 Å². The van der Waals surface area contributed by atoms with Crippen LogP contribution in [0.25, 0.3) is 0 Å². The van der Waals surface area contributed by atoms with Crippen LogP contribution in [-0.4, -0.2) is 29.7 Å². The Balaban J connectivity index is 2.24. The van der Waals surface area contributed by atoms with Crippen molar-refractivity contribution < 1.29 is 4.52 Å². The second-order valence-corrected chi connectivity index (χ2v) is 3.74. The van der Waals surface area contributed by atoms with E-state index in [1.165, 1.54) is 0 Å². The minimum absolute atomic E-state index is 0.189. The molecule has 1 aromatic rings. The lowest BCUT2D eigenvalue weighted by Gasteiger charge is -2.19. The fourth-order valence-electron chi connectivity index (χ4n) is 1.95. The van der Waals surface area contributed by atoms with Crippen LogP contribution in [0.1, 0.15) is 23.9 Å². The molecule has 1 aliphatic rings. The molecule has 0 amide bonds. The molecule has 1 aromatic heterocycles. The first kappa shape index (κ1) is 8.72. The first-order valence-electron chi connectivity index (χ1n) is 4.57. The summed E-state index contributed by atoms with van der Waals surface area (Å²) in [5, 5.41) is 4.00. The first-order valence-corrected chi connectivity index (χ1v) is 4.57. The number of likely N-dealkylation sites (N-methyl/N-ethyl adjacent to an activating group) is 1. The molecular formula is C9H15N3O. The number of rotatable bonds is 1. The third kappa shape index (κ3) is 1.47. The van der Waals surface area contributed by atoms with E-state index >= 15 is 0 Å². The van der Waals surface area contributed by atoms with Gasteiger partial charge in [0.2, 0.25) is 0 Å². The Hall–Kier alpha value is -0.870. The zero-order valence-electron chi connectivity index (χ0n) is 8.03. The van der Waals surface area contributed by atoms with Crippen LogP contribution in [0.15, 0.2) is 10.6 Å². The summed E-state index contributed by atoms with van der Waals surface area (Å²) in [4.78, 5) is 2.22. The van der Waals surface area contributed by atoms with Gasteiger partial charge in [-0.2, -0.15) is 0 Å². The maximum absolute atomic E-state index is 5.99. The van der Waals surface area contributed by atoms with Gasteiger partial charge in [0.15, 0.2) is 0 Å². The lowest BCUT2D eigenvalue weighted by Crippen LogP contribution is -2.29. The zero-order chi connectivity index (χ0) is 9.42. The molecule has 1 saturated heterocycles. The van der Waals surface area contributed by atoms with Gasteiger partial charge in [0.25, 0.3) is 0 Å². The molecule has 2 unspecified atom stereocenters. The number of likely N-dealkylation sites (tertiary alicyclic amines) is 1. The lowest BCUT2D eigenvalue weighted by molar-refractivity contribution is 0.283. The van der Waals surface area contributed by atoms with Gasteiger partial charge in [-0.15, -0.1) is 0 Å². The maximum atomic E-state index is 5.99. The second-order valence-electron chi connectivity index (χ2n) is 3.74. The molecule has 0 bridgehead atoms. The van der Waals surface area contributed by atoms with Crippen LogP contribution in [0.2, 0.25) is 0 Å². The van der Waals surface area contributed by atoms with Crippen molar-refractivity contribution in [2.45, 2.75) is 25.4 Å². The highest BCUT2D eigenvalue weighted by atomic mass is 16.5. The highest BCUT2D eigenvalue weighted by Crippen LogP contribution is 2.28. The minimum Gasteiger partial charge on any atom is -0.361 e. The highest BCUT2D eigenvalue weighted by Gasteiger charge is 2.32. The first-order chi connectivity index (χ1) is 6.18. The second kappa shape index (κ2) is 3.12. The molecule has 13 heavy (non-hydrogen) atoms. The molecule has 72 valence electrons. The van der Waals surface area contributed by atoms with Crippen LogP contribution in [0.4, 0.5) is 0 Å². The van der Waals surface area contributed by atoms with Crippen LogP contribution in [-0.2, 0) is 0 Å². The molecule has 0 radical (unpaired) electrons. The summed E-state index contributed by atoms with van der Waals surface area (Å²) < 4.78 is 5.04. The average molecular weight is 181 g/mol. The summed E-state index contributed by atoms with van der Waals surface area (Å²) in [6.07, 6.45) is 1.03. The van der Waals surface area contributed by atoms with E-state index in [0.717, 1.165) is 24.4 Å². The van der Waals surface area contributed by atoms with Crippen molar-refractivity contribution in [2.24, 2.45) is 5.73 Å². The monoisotopic (exact) mass is 181 g/mol. The number of nitrogens with zero attached hydrogens (tertiary/aromatic N) is 2. The summed E-state index contributed by atoms with van der Waals surface area (Å²) in [6.45, 7) is 2.94. The quantitative estimate of drug-likeness (QED) is 0.692. The van der Waals surface area contributed by atoms with Gasteiger partial charge in [0, 0.05) is 18.7 Å². The summed E-state index contributed by atoms with van der Waals surface area (Å²) in [5.41, 5.74) is 6.95. The highest BCUT2D eigenvalue weighted by molar-refractivity contribution is 5.13. The van der Waals surface area contributed by atoms with Crippen LogP contribution in [0.5, 0.6) is 0 Å². The van der Waals surface area contributed by atoms with Crippen LogP contribution >= 0.6 is 0 Å². The van der Waals surface area contributed by atoms with Gasteiger partial charge in [-0.25, -0.2) is 0 Å². The van der Waals surface area contributed by atoms with Gasteiger partial charge in [-0.1, -0.05) is 5.16 Å². The smallest absolute Gasteiger partial charge is 0.133 e. The van der Waals surface area contributed by atoms with E-state index in [0.29, 0.717) is 0 Å². The van der Waals surface area contributed by atoms with Crippen molar-refractivity contribution in [3.63, 3.8) is 0 Å². The van der Waals surface area contributed by atoms with E-state index in [2.05, 4.69) is 17.1 Å². The molecule has 0 aliphatic carbocycles. The van der Waals surface area contributed by atoms with Gasteiger partial charge >= 0.3 is 0 Å². The Bertz CT molecular complexity index is 287. The number of aryl methyl sites for hydroxylation is 1. The maximum Gasteiger partial charge on any atom is 0.133 e. The number of hydrogen-bond donors (Lipinski definition) is 1. The summed E-state index contributed by atoms with van der Waals surface area (Å²) in [7, 11) is 2.07. The van der Waals surface area contributed by atoms with Crippen LogP contribution in [0, 0.1) is 6.92 Å². The molecule has 2 atom stereocenters. The molecule has 4 nitrogen and oxygen atoms in total. The van der Waals surface area contributed by atoms with Crippen molar-refractivity contribution in [3.8, 4) is 0 Å². The Morgan fingerprint density at radius 1 is 1.69 bits per heavy atom. The molecule has 0 saturated carbocycles. The SMILES string of the molecule is Cc1cc(C2C(N)CCN2C)no1. The van der Waals surface area contributed by atoms with E-state index in [1.54, 1.807) is 0 Å². The summed E-state index contributed by atoms with van der Waals surface area (Å²) in [5.74, 6) is 0.850. The number of aromatic nitrogens is 1. The fourth-order valence-corrected chi connectivity index (χ4v) is 1.95. The summed E-state index contributed by atoms with van der Waals surface area (Å²) in [6, 6.07) is 2.39. The lowest BCUT2D eigenvalue weighted by atomic mass is 10.1.